The van der Waals surface area contributed by atoms with Crippen molar-refractivity contribution in [3.8, 4) is 17.4 Å². The van der Waals surface area contributed by atoms with E-state index in [1.54, 1.807) is 13.8 Å². The number of nitrogens with one attached hydrogen (secondary N) is 1. The average Bonchev–Trinajstić information content (AvgIpc) is 2.66. The highest BCUT2D eigenvalue weighted by Crippen LogP contribution is 2.49. The molecule has 1 N–H and O–H groups in total. The van der Waals surface area contributed by atoms with E-state index in [0.29, 0.717) is 5.56 Å². The molecule has 30 heavy (non-hydrogen) atoms. The molecule has 0 amide bonds. The van der Waals surface area contributed by atoms with Crippen molar-refractivity contribution >= 4 is 31.0 Å². The molecule has 0 fully saturated rings. The van der Waals surface area contributed by atoms with Gasteiger partial charge in [-0.2, -0.15) is 0 Å². The lowest BCUT2D eigenvalue weighted by molar-refractivity contribution is 0.0538. The Kier molecular flexibility index (Phi) is 9.15. The van der Waals surface area contributed by atoms with Gasteiger partial charge in [0.1, 0.15) is 5.75 Å². The molecule has 0 spiro atoms. The molecule has 1 heterocycles. The highest BCUT2D eigenvalue weighted by molar-refractivity contribution is 7.48. The Morgan fingerprint density at radius 2 is 1.67 bits per heavy atom. The Labute approximate surface area is 184 Å². The highest BCUT2D eigenvalue weighted by Gasteiger charge is 2.25. The van der Waals surface area contributed by atoms with Crippen LogP contribution in [0.5, 0.6) is 17.4 Å². The molecule has 2 rings (SSSR count). The van der Waals surface area contributed by atoms with Crippen LogP contribution in [-0.4, -0.2) is 30.2 Å². The van der Waals surface area contributed by atoms with Gasteiger partial charge in [-0.05, 0) is 19.8 Å². The van der Waals surface area contributed by atoms with Gasteiger partial charge in [-0.1, -0.05) is 37.0 Å². The Morgan fingerprint density at radius 3 is 2.20 bits per heavy atom. The number of aromatic amines is 1. The fourth-order valence-electron chi connectivity index (χ4n) is 2.29. The lowest BCUT2D eigenvalue weighted by atomic mass is 10.1. The van der Waals surface area contributed by atoms with Crippen LogP contribution in [-0.2, 0) is 18.1 Å². The Hall–Kier alpha value is -1.61. The first-order chi connectivity index (χ1) is 14.2. The molecule has 0 aliphatic rings. The summed E-state index contributed by atoms with van der Waals surface area (Å²) in [6, 6.07) is 4.40. The topological polar surface area (TPSA) is 109 Å². The van der Waals surface area contributed by atoms with Crippen LogP contribution in [0.15, 0.2) is 23.0 Å². The monoisotopic (exact) mass is 480 g/mol. The van der Waals surface area contributed by atoms with Crippen molar-refractivity contribution in [3.63, 3.8) is 0 Å². The number of nitrogens with zero attached hydrogens (tertiary/aromatic N) is 1. The quantitative estimate of drug-likeness (QED) is 0.330. The van der Waals surface area contributed by atoms with Gasteiger partial charge in [0.25, 0.3) is 5.56 Å². The van der Waals surface area contributed by atoms with Crippen molar-refractivity contribution < 1.29 is 27.6 Å². The molecule has 0 aliphatic carbocycles. The normalized spacial score (nSPS) is 11.7. The number of aromatic nitrogens is 2. The molecular weight excluding hydrogens is 458 g/mol. The first-order valence-corrected chi connectivity index (χ1v) is 11.3. The molecular formula is C18H23Cl2N2O7P. The highest BCUT2D eigenvalue weighted by atomic mass is 35.5. The second-order valence-corrected chi connectivity index (χ2v) is 8.62. The molecule has 2 aromatic rings. The van der Waals surface area contributed by atoms with Crippen molar-refractivity contribution in [2.75, 3.05) is 20.0 Å². The summed E-state index contributed by atoms with van der Waals surface area (Å²) in [4.78, 5) is 11.8. The van der Waals surface area contributed by atoms with E-state index in [4.69, 9.17) is 46.2 Å². The van der Waals surface area contributed by atoms with E-state index in [1.807, 2.05) is 13.8 Å². The van der Waals surface area contributed by atoms with E-state index in [2.05, 4.69) is 10.2 Å². The average molecular weight is 481 g/mol. The summed E-state index contributed by atoms with van der Waals surface area (Å²) in [6.07, 6.45) is 0. The number of hydrogen-bond acceptors (Lipinski definition) is 8. The maximum atomic E-state index is 12.2. The maximum Gasteiger partial charge on any atom is 0.477 e. The second kappa shape index (κ2) is 11.1. The molecule has 0 radical (unpaired) electrons. The molecule has 1 aromatic carbocycles. The zero-order valence-corrected chi connectivity index (χ0v) is 19.3. The number of phosphoric ester groups is 1. The predicted octanol–water partition coefficient (Wildman–Crippen LogP) is 5.53. The van der Waals surface area contributed by atoms with Crippen LogP contribution in [0.3, 0.4) is 0 Å². The summed E-state index contributed by atoms with van der Waals surface area (Å²) < 4.78 is 38.4. The standard InChI is InChI=1S/C18H23Cl2N2O7P/c1-5-26-30(24,27-6-2)28-10-25-12-7-14(19)17(15(20)8-12)29-16-9-13(11(3)4)18(23)22-21-16/h7-9,11H,5-6,10H2,1-4H3,(H,22,23). The summed E-state index contributed by atoms with van der Waals surface area (Å²) >= 11 is 12.5. The SMILES string of the molecule is CCOP(=O)(OCC)OCOc1cc(Cl)c(Oc2cc(C(C)C)c(=O)[nH]n2)c(Cl)c1. The molecule has 0 saturated carbocycles. The van der Waals surface area contributed by atoms with Crippen LogP contribution in [0.2, 0.25) is 10.0 Å². The summed E-state index contributed by atoms with van der Waals surface area (Å²) in [7, 11) is -3.71. The summed E-state index contributed by atoms with van der Waals surface area (Å²) in [5.41, 5.74) is 0.215. The Balaban J connectivity index is 2.11. The zero-order valence-electron chi connectivity index (χ0n) is 16.9. The van der Waals surface area contributed by atoms with E-state index in [-0.39, 0.29) is 52.1 Å². The molecule has 12 heteroatoms. The van der Waals surface area contributed by atoms with Crippen LogP contribution in [0.4, 0.5) is 0 Å². The maximum absolute atomic E-state index is 12.2. The fourth-order valence-corrected chi connectivity index (χ4v) is 3.87. The summed E-state index contributed by atoms with van der Waals surface area (Å²) in [5.74, 6) is 0.489. The zero-order chi connectivity index (χ0) is 22.3. The van der Waals surface area contributed by atoms with Gasteiger partial charge >= 0.3 is 7.82 Å². The number of rotatable bonds is 11. The van der Waals surface area contributed by atoms with Crippen molar-refractivity contribution in [2.45, 2.75) is 33.6 Å². The first kappa shape index (κ1) is 24.7. The number of ether oxygens (including phenoxy) is 2. The van der Waals surface area contributed by atoms with Gasteiger partial charge in [0, 0.05) is 23.8 Å². The molecule has 9 nitrogen and oxygen atoms in total. The smallest absolute Gasteiger partial charge is 0.467 e. The van der Waals surface area contributed by atoms with Crippen molar-refractivity contribution in [1.29, 1.82) is 0 Å². The third-order valence-electron chi connectivity index (χ3n) is 3.62. The minimum atomic E-state index is -3.71. The summed E-state index contributed by atoms with van der Waals surface area (Å²) in [5, 5.41) is 6.49. The van der Waals surface area contributed by atoms with Crippen LogP contribution < -0.4 is 15.0 Å². The minimum absolute atomic E-state index is 0.0230. The molecule has 0 bridgehead atoms. The van der Waals surface area contributed by atoms with Gasteiger partial charge in [0.15, 0.2) is 12.5 Å². The van der Waals surface area contributed by atoms with E-state index in [9.17, 15) is 9.36 Å². The van der Waals surface area contributed by atoms with Crippen molar-refractivity contribution in [1.82, 2.24) is 10.2 Å². The van der Waals surface area contributed by atoms with Crippen molar-refractivity contribution in [3.05, 3.63) is 44.2 Å². The van der Waals surface area contributed by atoms with Gasteiger partial charge in [-0.3, -0.25) is 13.8 Å². The van der Waals surface area contributed by atoms with E-state index < -0.39 is 14.6 Å². The van der Waals surface area contributed by atoms with Crippen LogP contribution in [0, 0.1) is 0 Å². The van der Waals surface area contributed by atoms with Crippen LogP contribution >= 0.6 is 31.0 Å². The molecule has 0 aliphatic heterocycles. The molecule has 166 valence electrons. The van der Waals surface area contributed by atoms with Gasteiger partial charge in [0.05, 0.1) is 23.3 Å². The number of halogens is 2. The molecule has 1 aromatic heterocycles. The van der Waals surface area contributed by atoms with Gasteiger partial charge in [-0.15, -0.1) is 5.10 Å². The lowest BCUT2D eigenvalue weighted by Gasteiger charge is -2.17. The molecule has 0 unspecified atom stereocenters. The second-order valence-electron chi connectivity index (χ2n) is 6.14. The van der Waals surface area contributed by atoms with Gasteiger partial charge in [-0.25, -0.2) is 14.2 Å². The van der Waals surface area contributed by atoms with E-state index in [1.165, 1.54) is 18.2 Å². The van der Waals surface area contributed by atoms with E-state index >= 15 is 0 Å². The number of benzene rings is 1. The number of phosphoric acid groups is 1. The van der Waals surface area contributed by atoms with E-state index in [0.717, 1.165) is 0 Å². The largest absolute Gasteiger partial charge is 0.477 e. The van der Waals surface area contributed by atoms with Gasteiger partial charge in [0.2, 0.25) is 5.88 Å². The Bertz CT molecular complexity index is 935. The molecule has 0 atom stereocenters. The van der Waals surface area contributed by atoms with Crippen LogP contribution in [0.25, 0.3) is 0 Å². The van der Waals surface area contributed by atoms with Crippen LogP contribution in [0.1, 0.15) is 39.2 Å². The fraction of sp³-hybridized carbons (Fsp3) is 0.444. The number of H-pyrrole nitrogens is 1. The van der Waals surface area contributed by atoms with Gasteiger partial charge < -0.3 is 9.47 Å². The minimum Gasteiger partial charge on any atom is -0.467 e. The molecule has 0 saturated heterocycles. The third-order valence-corrected chi connectivity index (χ3v) is 5.75. The third kappa shape index (κ3) is 6.70. The first-order valence-electron chi connectivity index (χ1n) is 9.12. The predicted molar refractivity (Wildman–Crippen MR) is 113 cm³/mol. The number of hydrogen-bond donors (Lipinski definition) is 1. The Morgan fingerprint density at radius 1 is 1.07 bits per heavy atom. The summed E-state index contributed by atoms with van der Waals surface area (Å²) in [6.45, 7) is 6.96. The lowest BCUT2D eigenvalue weighted by Crippen LogP contribution is -2.15. The van der Waals surface area contributed by atoms with Crippen molar-refractivity contribution in [2.24, 2.45) is 0 Å².